The highest BCUT2D eigenvalue weighted by molar-refractivity contribution is 6.31. The second kappa shape index (κ2) is 5.66. The van der Waals surface area contributed by atoms with E-state index in [2.05, 4.69) is 12.2 Å². The number of halogens is 2. The molecule has 2 aliphatic heterocycles. The number of fused-ring (bicyclic) bond motifs is 4. The van der Waals surface area contributed by atoms with E-state index in [0.717, 1.165) is 16.7 Å². The second-order valence-electron chi connectivity index (χ2n) is 5.87. The summed E-state index contributed by atoms with van der Waals surface area (Å²) in [7, 11) is 0. The van der Waals surface area contributed by atoms with Gasteiger partial charge < -0.3 is 9.47 Å². The predicted octanol–water partition coefficient (Wildman–Crippen LogP) is 6.27. The lowest BCUT2D eigenvalue weighted by atomic mass is 9.76. The van der Waals surface area contributed by atoms with E-state index in [1.807, 2.05) is 50.2 Å². The molecule has 0 atom stereocenters. The molecule has 1 fully saturated rings. The summed E-state index contributed by atoms with van der Waals surface area (Å²) in [5.74, 6) is 1.41. The minimum Gasteiger partial charge on any atom is -0.456 e. The Kier molecular flexibility index (Phi) is 3.72. The van der Waals surface area contributed by atoms with Crippen molar-refractivity contribution in [1.29, 1.82) is 0 Å². The van der Waals surface area contributed by atoms with Crippen LogP contribution in [0, 0.1) is 0 Å². The minimum absolute atomic E-state index is 0.556. The van der Waals surface area contributed by atoms with Crippen molar-refractivity contribution in [2.24, 2.45) is 0 Å². The van der Waals surface area contributed by atoms with Crippen LogP contribution in [-0.4, -0.2) is 6.61 Å². The van der Waals surface area contributed by atoms with Crippen LogP contribution in [0.3, 0.4) is 0 Å². The van der Waals surface area contributed by atoms with Crippen LogP contribution in [0.15, 0.2) is 59.7 Å². The van der Waals surface area contributed by atoms with Crippen LogP contribution in [0.5, 0.6) is 11.5 Å². The van der Waals surface area contributed by atoms with Crippen LogP contribution in [-0.2, 0) is 10.3 Å². The third-order valence-electron chi connectivity index (χ3n) is 4.67. The molecule has 4 rings (SSSR count). The molecule has 0 saturated carbocycles. The summed E-state index contributed by atoms with van der Waals surface area (Å²) in [4.78, 5) is 0. The third-order valence-corrected chi connectivity index (χ3v) is 5.14. The van der Waals surface area contributed by atoms with Crippen molar-refractivity contribution >= 4 is 23.2 Å². The molecule has 0 bridgehead atoms. The van der Waals surface area contributed by atoms with Crippen LogP contribution < -0.4 is 4.74 Å². The first-order valence-electron chi connectivity index (χ1n) is 7.84. The SMILES string of the molecule is C/C=C1/COC2(/C1=C/C)c1ccc(Cl)cc1Oc1cc(Cl)ccc12. The fourth-order valence-corrected chi connectivity index (χ4v) is 3.97. The Labute approximate surface area is 151 Å². The maximum absolute atomic E-state index is 6.42. The fourth-order valence-electron chi connectivity index (χ4n) is 3.65. The highest BCUT2D eigenvalue weighted by atomic mass is 35.5. The average molecular weight is 359 g/mol. The van der Waals surface area contributed by atoms with Gasteiger partial charge in [-0.3, -0.25) is 0 Å². The van der Waals surface area contributed by atoms with Crippen molar-refractivity contribution in [3.05, 3.63) is 80.9 Å². The average Bonchev–Trinajstić information content (AvgIpc) is 2.93. The van der Waals surface area contributed by atoms with E-state index in [1.165, 1.54) is 5.57 Å². The predicted molar refractivity (Wildman–Crippen MR) is 97.2 cm³/mol. The molecule has 0 N–H and O–H groups in total. The molecule has 24 heavy (non-hydrogen) atoms. The number of rotatable bonds is 0. The van der Waals surface area contributed by atoms with Gasteiger partial charge >= 0.3 is 0 Å². The van der Waals surface area contributed by atoms with E-state index in [1.54, 1.807) is 0 Å². The highest BCUT2D eigenvalue weighted by Gasteiger charge is 2.50. The molecule has 4 heteroatoms. The van der Waals surface area contributed by atoms with Gasteiger partial charge in [0.05, 0.1) is 6.61 Å². The van der Waals surface area contributed by atoms with Gasteiger partial charge in [0.2, 0.25) is 0 Å². The standard InChI is InChI=1S/C20H16Cl2O2/c1-3-12-11-23-20(15(12)4-2)16-7-5-13(21)9-18(16)24-19-10-14(22)6-8-17(19)20/h3-10H,11H2,1-2H3/b12-3-,15-4+. The lowest BCUT2D eigenvalue weighted by Gasteiger charge is -2.37. The Morgan fingerprint density at radius 2 is 1.50 bits per heavy atom. The molecular formula is C20H16Cl2O2. The summed E-state index contributed by atoms with van der Waals surface area (Å²) < 4.78 is 12.5. The van der Waals surface area contributed by atoms with Gasteiger partial charge in [-0.2, -0.15) is 0 Å². The smallest absolute Gasteiger partial charge is 0.151 e. The maximum atomic E-state index is 6.42. The van der Waals surface area contributed by atoms with Crippen LogP contribution in [0.4, 0.5) is 0 Å². The quantitative estimate of drug-likeness (QED) is 0.552. The van der Waals surface area contributed by atoms with Gasteiger partial charge in [-0.05, 0) is 49.3 Å². The number of hydrogen-bond donors (Lipinski definition) is 0. The summed E-state index contributed by atoms with van der Waals surface area (Å²) in [6.07, 6.45) is 4.22. The Morgan fingerprint density at radius 1 is 0.917 bits per heavy atom. The summed E-state index contributed by atoms with van der Waals surface area (Å²) >= 11 is 12.4. The normalized spacial score (nSPS) is 21.0. The molecule has 2 aromatic carbocycles. The van der Waals surface area contributed by atoms with Crippen LogP contribution in [0.1, 0.15) is 25.0 Å². The lowest BCUT2D eigenvalue weighted by molar-refractivity contribution is 0.0502. The zero-order valence-electron chi connectivity index (χ0n) is 13.4. The van der Waals surface area contributed by atoms with Crippen molar-refractivity contribution in [3.63, 3.8) is 0 Å². The van der Waals surface area contributed by atoms with Crippen LogP contribution >= 0.6 is 23.2 Å². The van der Waals surface area contributed by atoms with E-state index in [-0.39, 0.29) is 0 Å². The molecule has 0 aliphatic carbocycles. The molecule has 1 spiro atoms. The number of benzene rings is 2. The first kappa shape index (κ1) is 15.8. The zero-order valence-corrected chi connectivity index (χ0v) is 14.9. The summed E-state index contributed by atoms with van der Waals surface area (Å²) in [5, 5.41) is 1.25. The highest BCUT2D eigenvalue weighted by Crippen LogP contribution is 2.57. The first-order valence-corrected chi connectivity index (χ1v) is 8.60. The molecule has 0 unspecified atom stereocenters. The molecular weight excluding hydrogens is 343 g/mol. The Hall–Kier alpha value is -1.74. The van der Waals surface area contributed by atoms with Crippen molar-refractivity contribution in [2.75, 3.05) is 6.61 Å². The van der Waals surface area contributed by atoms with E-state index in [4.69, 9.17) is 32.7 Å². The number of hydrogen-bond acceptors (Lipinski definition) is 2. The molecule has 2 aromatic rings. The molecule has 2 nitrogen and oxygen atoms in total. The molecule has 1 saturated heterocycles. The van der Waals surface area contributed by atoms with Gasteiger partial charge in [0.25, 0.3) is 0 Å². The van der Waals surface area contributed by atoms with Gasteiger partial charge in [-0.25, -0.2) is 0 Å². The van der Waals surface area contributed by atoms with Gasteiger partial charge in [0.15, 0.2) is 5.60 Å². The third kappa shape index (κ3) is 2.07. The Balaban J connectivity index is 2.07. The molecule has 0 amide bonds. The summed E-state index contributed by atoms with van der Waals surface area (Å²) in [6.45, 7) is 4.63. The molecule has 0 aromatic heterocycles. The summed E-state index contributed by atoms with van der Waals surface area (Å²) in [5.41, 5.74) is 3.56. The molecule has 2 heterocycles. The maximum Gasteiger partial charge on any atom is 0.151 e. The first-order chi connectivity index (χ1) is 11.6. The Bertz CT molecular complexity index is 845. The van der Waals surface area contributed by atoms with Gasteiger partial charge in [0.1, 0.15) is 11.5 Å². The van der Waals surface area contributed by atoms with Crippen molar-refractivity contribution in [1.82, 2.24) is 0 Å². The number of ether oxygens (including phenoxy) is 2. The van der Waals surface area contributed by atoms with E-state index >= 15 is 0 Å². The fraction of sp³-hybridized carbons (Fsp3) is 0.200. The van der Waals surface area contributed by atoms with E-state index in [9.17, 15) is 0 Å². The van der Waals surface area contributed by atoms with Gasteiger partial charge in [-0.1, -0.05) is 47.5 Å². The monoisotopic (exact) mass is 358 g/mol. The van der Waals surface area contributed by atoms with Crippen molar-refractivity contribution in [3.8, 4) is 11.5 Å². The Morgan fingerprint density at radius 3 is 2.00 bits per heavy atom. The van der Waals surface area contributed by atoms with E-state index < -0.39 is 5.60 Å². The minimum atomic E-state index is -0.686. The van der Waals surface area contributed by atoms with Crippen LogP contribution in [0.2, 0.25) is 10.0 Å². The lowest BCUT2D eigenvalue weighted by Crippen LogP contribution is -2.32. The van der Waals surface area contributed by atoms with Gasteiger partial charge in [0, 0.05) is 21.2 Å². The van der Waals surface area contributed by atoms with Crippen LogP contribution in [0.25, 0.3) is 0 Å². The van der Waals surface area contributed by atoms with Gasteiger partial charge in [-0.15, -0.1) is 0 Å². The second-order valence-corrected chi connectivity index (χ2v) is 6.74. The molecule has 0 radical (unpaired) electrons. The zero-order chi connectivity index (χ0) is 16.9. The van der Waals surface area contributed by atoms with Crippen molar-refractivity contribution < 1.29 is 9.47 Å². The molecule has 2 aliphatic rings. The molecule has 122 valence electrons. The summed E-state index contributed by atoms with van der Waals surface area (Å²) in [6, 6.07) is 11.4. The number of allylic oxidation sites excluding steroid dienone is 2. The van der Waals surface area contributed by atoms with Crippen molar-refractivity contribution in [2.45, 2.75) is 19.4 Å². The largest absolute Gasteiger partial charge is 0.456 e. The van der Waals surface area contributed by atoms with E-state index in [0.29, 0.717) is 28.2 Å². The topological polar surface area (TPSA) is 18.5 Å².